The van der Waals surface area contributed by atoms with E-state index in [9.17, 15) is 23.3 Å². The van der Waals surface area contributed by atoms with Crippen LogP contribution in [0.15, 0.2) is 24.3 Å². The molecule has 134 valence electrons. The van der Waals surface area contributed by atoms with E-state index in [1.165, 1.54) is 19.2 Å². The van der Waals surface area contributed by atoms with Crippen LogP contribution in [-0.2, 0) is 6.42 Å². The summed E-state index contributed by atoms with van der Waals surface area (Å²) in [4.78, 5) is 10.8. The predicted molar refractivity (Wildman–Crippen MR) is 81.9 cm³/mol. The molecule has 0 bridgehead atoms. The fourth-order valence-electron chi connectivity index (χ4n) is 2.89. The summed E-state index contributed by atoms with van der Waals surface area (Å²) in [5, 5.41) is 20.6. The second-order valence-corrected chi connectivity index (χ2v) is 5.63. The minimum Gasteiger partial charge on any atom is -0.495 e. The molecule has 0 N–H and O–H groups in total. The molecule has 2 aromatic rings. The Hall–Kier alpha value is -3.28. The summed E-state index contributed by atoms with van der Waals surface area (Å²) in [5.41, 5.74) is 0.0441. The molecule has 2 aromatic carbocycles. The summed E-state index contributed by atoms with van der Waals surface area (Å²) in [6.07, 6.45) is -1.64. The maximum atomic E-state index is 14.1. The van der Waals surface area contributed by atoms with Crippen molar-refractivity contribution < 1.29 is 27.6 Å². The van der Waals surface area contributed by atoms with E-state index in [1.54, 1.807) is 0 Å². The normalized spacial score (nSPS) is 18.4. The van der Waals surface area contributed by atoms with Gasteiger partial charge < -0.3 is 9.47 Å². The molecule has 0 saturated carbocycles. The molecule has 0 amide bonds. The van der Waals surface area contributed by atoms with Crippen LogP contribution in [0.4, 0.5) is 13.2 Å². The van der Waals surface area contributed by atoms with E-state index >= 15 is 0 Å². The van der Waals surface area contributed by atoms with Crippen molar-refractivity contribution in [1.82, 2.24) is 0 Å². The van der Waals surface area contributed by atoms with Crippen molar-refractivity contribution >= 4 is 0 Å². The molecular weight excluding hydrogens is 353 g/mol. The minimum atomic E-state index is -1.73. The lowest BCUT2D eigenvalue weighted by atomic mass is 9.91. The summed E-state index contributed by atoms with van der Waals surface area (Å²) < 4.78 is 51.4. The Bertz CT molecular complexity index is 943. The number of nitrogens with zero attached hydrogens (tertiary/aromatic N) is 2. The van der Waals surface area contributed by atoms with Crippen LogP contribution in [0.5, 0.6) is 11.5 Å². The monoisotopic (exact) mass is 364 g/mol. The van der Waals surface area contributed by atoms with Gasteiger partial charge in [-0.1, -0.05) is 0 Å². The Kier molecular flexibility index (Phi) is 4.42. The molecule has 0 saturated heterocycles. The van der Waals surface area contributed by atoms with Crippen molar-refractivity contribution in [2.75, 3.05) is 7.11 Å². The summed E-state index contributed by atoms with van der Waals surface area (Å²) in [6.45, 7) is 0. The molecule has 1 aliphatic heterocycles. The third-order valence-corrected chi connectivity index (χ3v) is 4.18. The van der Waals surface area contributed by atoms with E-state index < -0.39 is 40.1 Å². The number of hydrogen-bond donors (Lipinski definition) is 0. The Labute approximate surface area is 145 Å². The fourth-order valence-corrected chi connectivity index (χ4v) is 2.89. The molecule has 1 heterocycles. The zero-order chi connectivity index (χ0) is 19.0. The van der Waals surface area contributed by atoms with Gasteiger partial charge in [-0.05, 0) is 18.2 Å². The van der Waals surface area contributed by atoms with Crippen molar-refractivity contribution in [2.45, 2.75) is 18.6 Å². The van der Waals surface area contributed by atoms with Crippen molar-refractivity contribution in [1.29, 1.82) is 5.26 Å². The summed E-state index contributed by atoms with van der Waals surface area (Å²) in [5.74, 6) is -4.34. The average Bonchev–Trinajstić information content (AvgIpc) is 2.64. The molecular formula is C17H11F3N2O4. The van der Waals surface area contributed by atoms with Crippen molar-refractivity contribution in [3.8, 4) is 17.6 Å². The van der Waals surface area contributed by atoms with Crippen LogP contribution in [0.25, 0.3) is 0 Å². The second kappa shape index (κ2) is 6.55. The lowest BCUT2D eigenvalue weighted by Crippen LogP contribution is -2.37. The van der Waals surface area contributed by atoms with E-state index in [0.29, 0.717) is 11.6 Å². The van der Waals surface area contributed by atoms with Gasteiger partial charge in [0.2, 0.25) is 0 Å². The zero-order valence-electron chi connectivity index (χ0n) is 13.3. The molecule has 1 aliphatic rings. The Balaban J connectivity index is 2.12. The molecule has 0 aliphatic carbocycles. The summed E-state index contributed by atoms with van der Waals surface area (Å²) >= 11 is 0. The van der Waals surface area contributed by atoms with Gasteiger partial charge in [0.05, 0.1) is 12.7 Å². The van der Waals surface area contributed by atoms with Gasteiger partial charge in [-0.25, -0.2) is 13.2 Å². The highest BCUT2D eigenvalue weighted by Crippen LogP contribution is 2.40. The largest absolute Gasteiger partial charge is 0.495 e. The van der Waals surface area contributed by atoms with E-state index in [4.69, 9.17) is 14.7 Å². The van der Waals surface area contributed by atoms with Gasteiger partial charge in [0.25, 0.3) is 6.04 Å². The van der Waals surface area contributed by atoms with Crippen LogP contribution < -0.4 is 9.47 Å². The number of methoxy groups -OCH3 is 1. The van der Waals surface area contributed by atoms with E-state index in [1.807, 2.05) is 6.07 Å². The molecule has 3 rings (SSSR count). The molecule has 2 atom stereocenters. The van der Waals surface area contributed by atoms with Gasteiger partial charge in [0, 0.05) is 28.5 Å². The number of hydrogen-bond acceptors (Lipinski definition) is 5. The maximum Gasteiger partial charge on any atom is 0.257 e. The minimum absolute atomic E-state index is 0.120. The first kappa shape index (κ1) is 17.5. The second-order valence-electron chi connectivity index (χ2n) is 5.63. The average molecular weight is 364 g/mol. The van der Waals surface area contributed by atoms with E-state index in [0.717, 1.165) is 6.07 Å². The highest BCUT2D eigenvalue weighted by atomic mass is 19.2. The molecule has 0 fully saturated rings. The van der Waals surface area contributed by atoms with Crippen LogP contribution in [0.2, 0.25) is 0 Å². The van der Waals surface area contributed by atoms with E-state index in [-0.39, 0.29) is 23.5 Å². The zero-order valence-corrected chi connectivity index (χ0v) is 13.3. The third kappa shape index (κ3) is 2.79. The number of halogens is 3. The number of ether oxygens (including phenoxy) is 2. The highest BCUT2D eigenvalue weighted by Gasteiger charge is 2.42. The van der Waals surface area contributed by atoms with E-state index in [2.05, 4.69) is 0 Å². The Morgan fingerprint density at radius 2 is 2.04 bits per heavy atom. The Morgan fingerprint density at radius 1 is 1.31 bits per heavy atom. The highest BCUT2D eigenvalue weighted by molar-refractivity contribution is 5.53. The van der Waals surface area contributed by atoms with Gasteiger partial charge in [-0.3, -0.25) is 10.1 Å². The Morgan fingerprint density at radius 3 is 2.65 bits per heavy atom. The number of benzene rings is 2. The standard InChI is InChI=1S/C17H11F3N2O4/c1-25-13-5-8-4-12(22(23)24)17(26-14(8)6-9(13)7-21)10-2-3-11(18)16(20)15(10)19/h2-3,5-6,12,17H,4H2,1H3. The van der Waals surface area contributed by atoms with Crippen molar-refractivity contribution in [2.24, 2.45) is 0 Å². The van der Waals surface area contributed by atoms with Crippen LogP contribution in [0.3, 0.4) is 0 Å². The quantitative estimate of drug-likeness (QED) is 0.474. The van der Waals surface area contributed by atoms with Gasteiger partial charge in [0.1, 0.15) is 17.6 Å². The van der Waals surface area contributed by atoms with Gasteiger partial charge in [-0.2, -0.15) is 5.26 Å². The predicted octanol–water partition coefficient (Wildman–Crippen LogP) is 3.31. The summed E-state index contributed by atoms with van der Waals surface area (Å²) in [7, 11) is 1.34. The topological polar surface area (TPSA) is 85.4 Å². The molecule has 2 unspecified atom stereocenters. The number of nitriles is 1. The first-order chi connectivity index (χ1) is 12.4. The van der Waals surface area contributed by atoms with Crippen LogP contribution in [0, 0.1) is 38.9 Å². The first-order valence-corrected chi connectivity index (χ1v) is 7.42. The lowest BCUT2D eigenvalue weighted by Gasteiger charge is -2.29. The van der Waals surface area contributed by atoms with Crippen molar-refractivity contribution in [3.05, 3.63) is 68.5 Å². The molecule has 6 nitrogen and oxygen atoms in total. The lowest BCUT2D eigenvalue weighted by molar-refractivity contribution is -0.535. The van der Waals surface area contributed by atoms with Crippen LogP contribution in [0.1, 0.15) is 22.8 Å². The molecule has 0 radical (unpaired) electrons. The molecule has 26 heavy (non-hydrogen) atoms. The van der Waals surface area contributed by atoms with Gasteiger partial charge in [-0.15, -0.1) is 0 Å². The molecule has 0 aromatic heterocycles. The number of rotatable bonds is 3. The summed E-state index contributed by atoms with van der Waals surface area (Å²) in [6, 6.07) is 4.80. The molecule has 9 heteroatoms. The van der Waals surface area contributed by atoms with Crippen LogP contribution >= 0.6 is 0 Å². The number of fused-ring (bicyclic) bond motifs is 1. The van der Waals surface area contributed by atoms with Gasteiger partial charge >= 0.3 is 0 Å². The first-order valence-electron chi connectivity index (χ1n) is 7.42. The van der Waals surface area contributed by atoms with Crippen molar-refractivity contribution in [3.63, 3.8) is 0 Å². The van der Waals surface area contributed by atoms with Crippen LogP contribution in [-0.4, -0.2) is 18.1 Å². The maximum absolute atomic E-state index is 14.1. The molecule has 0 spiro atoms. The fraction of sp³-hybridized carbons (Fsp3) is 0.235. The SMILES string of the molecule is COc1cc2c(cc1C#N)OC(c1ccc(F)c(F)c1F)C([N+](=O)[O-])C2. The smallest absolute Gasteiger partial charge is 0.257 e. The number of nitro groups is 1. The van der Waals surface area contributed by atoms with Gasteiger partial charge in [0.15, 0.2) is 23.6 Å². The third-order valence-electron chi connectivity index (χ3n) is 4.18.